The number of para-hydroxylation sites is 1. The molecule has 2 N–H and O–H groups in total. The summed E-state index contributed by atoms with van der Waals surface area (Å²) in [4.78, 5) is 0. The van der Waals surface area contributed by atoms with Gasteiger partial charge in [0.15, 0.2) is 0 Å². The van der Waals surface area contributed by atoms with Crippen molar-refractivity contribution in [3.05, 3.63) is 65.7 Å². The van der Waals surface area contributed by atoms with Crippen LogP contribution in [0.3, 0.4) is 0 Å². The molecule has 0 atom stereocenters. The molecule has 0 saturated heterocycles. The van der Waals surface area contributed by atoms with E-state index in [1.807, 2.05) is 30.3 Å². The molecule has 104 valence electrons. The molecule has 1 aliphatic carbocycles. The minimum absolute atomic E-state index is 0.0796. The number of rotatable bonds is 5. The lowest BCUT2D eigenvalue weighted by Crippen LogP contribution is -2.40. The molecule has 2 nitrogen and oxygen atoms in total. The summed E-state index contributed by atoms with van der Waals surface area (Å²) in [5, 5.41) is 0. The van der Waals surface area contributed by atoms with Gasteiger partial charge in [0.25, 0.3) is 0 Å². The van der Waals surface area contributed by atoms with Gasteiger partial charge in [0.1, 0.15) is 5.75 Å². The highest BCUT2D eigenvalue weighted by Crippen LogP contribution is 2.31. The number of hydrogen-bond donors (Lipinski definition) is 1. The number of hydrogen-bond acceptors (Lipinski definition) is 2. The van der Waals surface area contributed by atoms with Crippen molar-refractivity contribution >= 4 is 0 Å². The van der Waals surface area contributed by atoms with Crippen LogP contribution in [0, 0.1) is 0 Å². The number of ether oxygens (including phenoxy) is 1. The highest BCUT2D eigenvalue weighted by atomic mass is 16.5. The Balaban J connectivity index is 1.48. The molecule has 2 aromatic carbocycles. The lowest BCUT2D eigenvalue weighted by molar-refractivity contribution is 0.281. The smallest absolute Gasteiger partial charge is 0.119 e. The molecule has 0 aromatic heterocycles. The minimum atomic E-state index is -0.0796. The van der Waals surface area contributed by atoms with Crippen molar-refractivity contribution in [2.75, 3.05) is 6.61 Å². The van der Waals surface area contributed by atoms with Crippen LogP contribution in [0.15, 0.2) is 54.6 Å². The van der Waals surface area contributed by atoms with Gasteiger partial charge in [-0.25, -0.2) is 0 Å². The fourth-order valence-electron chi connectivity index (χ4n) is 3.03. The van der Waals surface area contributed by atoms with E-state index in [0.717, 1.165) is 38.0 Å². The molecule has 3 rings (SSSR count). The molecule has 0 heterocycles. The van der Waals surface area contributed by atoms with Gasteiger partial charge in [0.05, 0.1) is 6.61 Å². The van der Waals surface area contributed by atoms with Gasteiger partial charge in [0, 0.05) is 5.54 Å². The summed E-state index contributed by atoms with van der Waals surface area (Å²) in [7, 11) is 0. The van der Waals surface area contributed by atoms with Crippen molar-refractivity contribution < 1.29 is 4.74 Å². The summed E-state index contributed by atoms with van der Waals surface area (Å²) in [5.74, 6) is 0.938. The maximum atomic E-state index is 6.53. The van der Waals surface area contributed by atoms with Crippen molar-refractivity contribution in [3.8, 4) is 5.75 Å². The summed E-state index contributed by atoms with van der Waals surface area (Å²) in [6, 6.07) is 18.6. The van der Waals surface area contributed by atoms with Gasteiger partial charge in [-0.05, 0) is 48.9 Å². The molecule has 0 bridgehead atoms. The van der Waals surface area contributed by atoms with E-state index in [-0.39, 0.29) is 5.54 Å². The quantitative estimate of drug-likeness (QED) is 0.843. The van der Waals surface area contributed by atoms with Gasteiger partial charge >= 0.3 is 0 Å². The Kier molecular flexibility index (Phi) is 3.75. The van der Waals surface area contributed by atoms with Gasteiger partial charge < -0.3 is 10.5 Å². The van der Waals surface area contributed by atoms with Crippen LogP contribution in [0.1, 0.15) is 24.0 Å². The van der Waals surface area contributed by atoms with E-state index in [1.54, 1.807) is 0 Å². The second kappa shape index (κ2) is 5.68. The zero-order chi connectivity index (χ0) is 13.8. The average Bonchev–Trinajstić information content (AvgIpc) is 2.81. The van der Waals surface area contributed by atoms with Crippen molar-refractivity contribution in [2.24, 2.45) is 5.73 Å². The summed E-state index contributed by atoms with van der Waals surface area (Å²) >= 11 is 0. The van der Waals surface area contributed by atoms with Crippen molar-refractivity contribution in [1.29, 1.82) is 0 Å². The van der Waals surface area contributed by atoms with Crippen LogP contribution in [0.4, 0.5) is 0 Å². The summed E-state index contributed by atoms with van der Waals surface area (Å²) in [6.07, 6.45) is 4.00. The Morgan fingerprint density at radius 1 is 0.900 bits per heavy atom. The topological polar surface area (TPSA) is 35.2 Å². The van der Waals surface area contributed by atoms with E-state index in [0.29, 0.717) is 0 Å². The Labute approximate surface area is 120 Å². The fraction of sp³-hybridized carbons (Fsp3) is 0.333. The van der Waals surface area contributed by atoms with Crippen LogP contribution in [-0.2, 0) is 12.8 Å². The maximum absolute atomic E-state index is 6.53. The SMILES string of the molecule is NC1(CCCOc2ccccc2)Cc2ccccc2C1. The Morgan fingerprint density at radius 2 is 1.50 bits per heavy atom. The van der Waals surface area contributed by atoms with Crippen LogP contribution in [0.2, 0.25) is 0 Å². The third-order valence-electron chi connectivity index (χ3n) is 4.03. The van der Waals surface area contributed by atoms with Crippen LogP contribution >= 0.6 is 0 Å². The first kappa shape index (κ1) is 13.2. The zero-order valence-corrected chi connectivity index (χ0v) is 11.7. The van der Waals surface area contributed by atoms with Crippen molar-refractivity contribution in [3.63, 3.8) is 0 Å². The van der Waals surface area contributed by atoms with Crippen molar-refractivity contribution in [1.82, 2.24) is 0 Å². The lowest BCUT2D eigenvalue weighted by Gasteiger charge is -2.23. The third kappa shape index (κ3) is 3.02. The molecular weight excluding hydrogens is 246 g/mol. The Hall–Kier alpha value is -1.80. The normalized spacial score (nSPS) is 15.8. The number of benzene rings is 2. The predicted octanol–water partition coefficient (Wildman–Crippen LogP) is 3.34. The Morgan fingerprint density at radius 3 is 2.15 bits per heavy atom. The summed E-state index contributed by atoms with van der Waals surface area (Å²) in [6.45, 7) is 0.735. The van der Waals surface area contributed by atoms with Crippen LogP contribution < -0.4 is 10.5 Å². The molecule has 0 spiro atoms. The maximum Gasteiger partial charge on any atom is 0.119 e. The van der Waals surface area contributed by atoms with Gasteiger partial charge in [-0.3, -0.25) is 0 Å². The highest BCUT2D eigenvalue weighted by Gasteiger charge is 2.32. The van der Waals surface area contributed by atoms with Gasteiger partial charge in [-0.2, -0.15) is 0 Å². The molecule has 0 saturated carbocycles. The third-order valence-corrected chi connectivity index (χ3v) is 4.03. The zero-order valence-electron chi connectivity index (χ0n) is 11.7. The second-order valence-electron chi connectivity index (χ2n) is 5.75. The van der Waals surface area contributed by atoms with Crippen LogP contribution in [0.5, 0.6) is 5.75 Å². The van der Waals surface area contributed by atoms with Gasteiger partial charge in [-0.15, -0.1) is 0 Å². The fourth-order valence-corrected chi connectivity index (χ4v) is 3.03. The lowest BCUT2D eigenvalue weighted by atomic mass is 9.91. The van der Waals surface area contributed by atoms with E-state index in [1.165, 1.54) is 11.1 Å². The van der Waals surface area contributed by atoms with Crippen LogP contribution in [-0.4, -0.2) is 12.1 Å². The molecule has 0 radical (unpaired) electrons. The van der Waals surface area contributed by atoms with E-state index in [2.05, 4.69) is 24.3 Å². The molecule has 0 fully saturated rings. The monoisotopic (exact) mass is 267 g/mol. The largest absolute Gasteiger partial charge is 0.494 e. The molecule has 0 aliphatic heterocycles. The highest BCUT2D eigenvalue weighted by molar-refractivity contribution is 5.35. The molecule has 0 unspecified atom stereocenters. The molecule has 1 aliphatic rings. The first-order valence-corrected chi connectivity index (χ1v) is 7.29. The molecule has 20 heavy (non-hydrogen) atoms. The molecule has 2 heteroatoms. The van der Waals surface area contributed by atoms with E-state index in [4.69, 9.17) is 10.5 Å². The minimum Gasteiger partial charge on any atom is -0.494 e. The molecule has 2 aromatic rings. The first-order valence-electron chi connectivity index (χ1n) is 7.29. The van der Waals surface area contributed by atoms with E-state index in [9.17, 15) is 0 Å². The number of fused-ring (bicyclic) bond motifs is 1. The molecule has 0 amide bonds. The Bertz CT molecular complexity index is 540. The van der Waals surface area contributed by atoms with Gasteiger partial charge in [-0.1, -0.05) is 42.5 Å². The van der Waals surface area contributed by atoms with Crippen molar-refractivity contribution in [2.45, 2.75) is 31.2 Å². The summed E-state index contributed by atoms with van der Waals surface area (Å²) < 4.78 is 5.73. The number of nitrogens with two attached hydrogens (primary N) is 1. The predicted molar refractivity (Wildman–Crippen MR) is 81.9 cm³/mol. The van der Waals surface area contributed by atoms with Gasteiger partial charge in [0.2, 0.25) is 0 Å². The first-order chi connectivity index (χ1) is 9.75. The van der Waals surface area contributed by atoms with E-state index < -0.39 is 0 Å². The van der Waals surface area contributed by atoms with Crippen LogP contribution in [0.25, 0.3) is 0 Å². The summed E-state index contributed by atoms with van der Waals surface area (Å²) in [5.41, 5.74) is 9.29. The average molecular weight is 267 g/mol. The standard InChI is InChI=1S/C18H21NO/c19-18(13-15-7-4-5-8-16(15)14-18)11-6-12-20-17-9-2-1-3-10-17/h1-5,7-10H,6,11-14,19H2. The van der Waals surface area contributed by atoms with E-state index >= 15 is 0 Å². The second-order valence-corrected chi connectivity index (χ2v) is 5.75. The molecular formula is C18H21NO.